The number of hydrogen-bond donors (Lipinski definition) is 2. The highest BCUT2D eigenvalue weighted by Crippen LogP contribution is 1.87. The summed E-state index contributed by atoms with van der Waals surface area (Å²) in [4.78, 5) is 0. The van der Waals surface area contributed by atoms with Gasteiger partial charge < -0.3 is 10.6 Å². The molecule has 4 heteroatoms. The molecule has 0 aromatic carbocycles. The van der Waals surface area contributed by atoms with Crippen LogP contribution in [0.5, 0.6) is 0 Å². The van der Waals surface area contributed by atoms with Crippen LogP contribution in [0.4, 0.5) is 8.78 Å². The van der Waals surface area contributed by atoms with Crippen LogP contribution in [0.25, 0.3) is 0 Å². The molecule has 0 amide bonds. The smallest absolute Gasteiger partial charge is 0.250 e. The Hall–Kier alpha value is -0.220. The zero-order valence-corrected chi connectivity index (χ0v) is 6.32. The lowest BCUT2D eigenvalue weighted by Gasteiger charge is -2.10. The van der Waals surface area contributed by atoms with Crippen LogP contribution in [0.2, 0.25) is 0 Å². The van der Waals surface area contributed by atoms with E-state index in [0.29, 0.717) is 6.54 Å². The van der Waals surface area contributed by atoms with Gasteiger partial charge in [0.2, 0.25) is 0 Å². The largest absolute Gasteiger partial charge is 0.316 e. The van der Waals surface area contributed by atoms with E-state index in [-0.39, 0.29) is 12.6 Å². The second kappa shape index (κ2) is 5.56. The molecule has 0 radical (unpaired) electrons. The highest BCUT2D eigenvalue weighted by Gasteiger charge is 2.01. The zero-order chi connectivity index (χ0) is 7.98. The number of likely N-dealkylation sites (N-methyl/N-ethyl adjacent to an activating group) is 1. The average molecular weight is 152 g/mol. The van der Waals surface area contributed by atoms with Crippen molar-refractivity contribution in [2.45, 2.75) is 19.4 Å². The molecule has 0 aliphatic rings. The van der Waals surface area contributed by atoms with Crippen molar-refractivity contribution in [1.29, 1.82) is 0 Å². The highest BCUT2D eigenvalue weighted by atomic mass is 19.3. The van der Waals surface area contributed by atoms with E-state index in [2.05, 4.69) is 10.6 Å². The van der Waals surface area contributed by atoms with Gasteiger partial charge in [0.25, 0.3) is 6.43 Å². The van der Waals surface area contributed by atoms with Crippen molar-refractivity contribution >= 4 is 0 Å². The minimum absolute atomic E-state index is 0.216. The zero-order valence-electron chi connectivity index (χ0n) is 6.32. The Bertz CT molecular complexity index is 78.1. The van der Waals surface area contributed by atoms with Crippen LogP contribution in [0.3, 0.4) is 0 Å². The fraction of sp³-hybridized carbons (Fsp3) is 1.00. The quantitative estimate of drug-likeness (QED) is 0.597. The van der Waals surface area contributed by atoms with Crippen LogP contribution in [0, 0.1) is 0 Å². The van der Waals surface area contributed by atoms with Crippen molar-refractivity contribution in [1.82, 2.24) is 10.6 Å². The molecule has 0 rings (SSSR count). The summed E-state index contributed by atoms with van der Waals surface area (Å²) in [5, 5.41) is 5.55. The van der Waals surface area contributed by atoms with Crippen molar-refractivity contribution < 1.29 is 8.78 Å². The van der Waals surface area contributed by atoms with Crippen LogP contribution in [-0.4, -0.2) is 32.6 Å². The standard InChI is InChI=1S/C6H14F2N2/c1-5(9-2)3-10-4-6(7)8/h5-6,9-10H,3-4H2,1-2H3. The lowest BCUT2D eigenvalue weighted by atomic mass is 10.3. The summed E-state index contributed by atoms with van der Waals surface area (Å²) in [6.45, 7) is 2.30. The molecule has 0 aromatic rings. The Balaban J connectivity index is 3.03. The van der Waals surface area contributed by atoms with Gasteiger partial charge in [-0.2, -0.15) is 0 Å². The molecule has 0 bridgehead atoms. The van der Waals surface area contributed by atoms with Gasteiger partial charge in [0, 0.05) is 12.6 Å². The first kappa shape index (κ1) is 9.78. The maximum absolute atomic E-state index is 11.5. The van der Waals surface area contributed by atoms with Crippen molar-refractivity contribution in [2.24, 2.45) is 0 Å². The second-order valence-corrected chi connectivity index (χ2v) is 2.24. The van der Waals surface area contributed by atoms with E-state index in [9.17, 15) is 8.78 Å². The molecule has 0 aliphatic carbocycles. The first-order valence-corrected chi connectivity index (χ1v) is 3.33. The van der Waals surface area contributed by atoms with Gasteiger partial charge in [-0.15, -0.1) is 0 Å². The van der Waals surface area contributed by atoms with E-state index in [0.717, 1.165) is 0 Å². The Kier molecular flexibility index (Phi) is 5.43. The Morgan fingerprint density at radius 3 is 2.30 bits per heavy atom. The van der Waals surface area contributed by atoms with E-state index in [1.807, 2.05) is 6.92 Å². The molecule has 0 aromatic heterocycles. The van der Waals surface area contributed by atoms with Gasteiger partial charge in [0.1, 0.15) is 0 Å². The molecular formula is C6H14F2N2. The summed E-state index contributed by atoms with van der Waals surface area (Å²) < 4.78 is 23.0. The normalized spacial score (nSPS) is 14.1. The third kappa shape index (κ3) is 5.91. The third-order valence-corrected chi connectivity index (χ3v) is 1.24. The molecule has 10 heavy (non-hydrogen) atoms. The molecule has 0 saturated carbocycles. The molecule has 0 heterocycles. The van der Waals surface area contributed by atoms with Gasteiger partial charge in [0.15, 0.2) is 0 Å². The van der Waals surface area contributed by atoms with Crippen LogP contribution in [0.15, 0.2) is 0 Å². The minimum Gasteiger partial charge on any atom is -0.316 e. The Morgan fingerprint density at radius 2 is 1.90 bits per heavy atom. The third-order valence-electron chi connectivity index (χ3n) is 1.24. The first-order chi connectivity index (χ1) is 4.66. The van der Waals surface area contributed by atoms with E-state index >= 15 is 0 Å². The van der Waals surface area contributed by atoms with Gasteiger partial charge in [-0.1, -0.05) is 0 Å². The summed E-state index contributed by atoms with van der Waals surface area (Å²) in [7, 11) is 1.80. The number of rotatable bonds is 5. The first-order valence-electron chi connectivity index (χ1n) is 3.33. The Labute approximate surface area is 60.0 Å². The molecule has 2 N–H and O–H groups in total. The van der Waals surface area contributed by atoms with Gasteiger partial charge >= 0.3 is 0 Å². The monoisotopic (exact) mass is 152 g/mol. The summed E-state index contributed by atoms with van der Waals surface area (Å²) in [6.07, 6.45) is -2.25. The average Bonchev–Trinajstić information content (AvgIpc) is 1.87. The summed E-state index contributed by atoms with van der Waals surface area (Å²) >= 11 is 0. The van der Waals surface area contributed by atoms with Gasteiger partial charge in [-0.05, 0) is 14.0 Å². The Morgan fingerprint density at radius 1 is 1.30 bits per heavy atom. The molecule has 0 fully saturated rings. The van der Waals surface area contributed by atoms with Crippen molar-refractivity contribution in [3.05, 3.63) is 0 Å². The van der Waals surface area contributed by atoms with Crippen LogP contribution in [-0.2, 0) is 0 Å². The van der Waals surface area contributed by atoms with Gasteiger partial charge in [-0.25, -0.2) is 8.78 Å². The number of alkyl halides is 2. The fourth-order valence-corrected chi connectivity index (χ4v) is 0.511. The van der Waals surface area contributed by atoms with E-state index < -0.39 is 6.43 Å². The molecule has 0 aliphatic heterocycles. The molecule has 1 atom stereocenters. The predicted molar refractivity (Wildman–Crippen MR) is 37.4 cm³/mol. The summed E-state index contributed by atoms with van der Waals surface area (Å²) in [5.74, 6) is 0. The van der Waals surface area contributed by atoms with Crippen molar-refractivity contribution in [3.8, 4) is 0 Å². The second-order valence-electron chi connectivity index (χ2n) is 2.24. The molecule has 2 nitrogen and oxygen atoms in total. The molecule has 1 unspecified atom stereocenters. The van der Waals surface area contributed by atoms with E-state index in [4.69, 9.17) is 0 Å². The topological polar surface area (TPSA) is 24.1 Å². The molecule has 0 spiro atoms. The maximum atomic E-state index is 11.5. The van der Waals surface area contributed by atoms with Crippen LogP contribution < -0.4 is 10.6 Å². The number of nitrogens with one attached hydrogen (secondary N) is 2. The van der Waals surface area contributed by atoms with Gasteiger partial charge in [-0.3, -0.25) is 0 Å². The lowest BCUT2D eigenvalue weighted by Crippen LogP contribution is -2.35. The van der Waals surface area contributed by atoms with Gasteiger partial charge in [0.05, 0.1) is 6.54 Å². The summed E-state index contributed by atoms with van der Waals surface area (Å²) in [5.41, 5.74) is 0. The lowest BCUT2D eigenvalue weighted by molar-refractivity contribution is 0.145. The predicted octanol–water partition coefficient (Wildman–Crippen LogP) is 0.449. The fourth-order valence-electron chi connectivity index (χ4n) is 0.511. The van der Waals surface area contributed by atoms with Crippen molar-refractivity contribution in [3.63, 3.8) is 0 Å². The molecular weight excluding hydrogens is 138 g/mol. The maximum Gasteiger partial charge on any atom is 0.250 e. The highest BCUT2D eigenvalue weighted by molar-refractivity contribution is 4.60. The van der Waals surface area contributed by atoms with Crippen molar-refractivity contribution in [2.75, 3.05) is 20.1 Å². The minimum atomic E-state index is -2.25. The SMILES string of the molecule is CNC(C)CNCC(F)F. The number of hydrogen-bond acceptors (Lipinski definition) is 2. The molecule has 62 valence electrons. The van der Waals surface area contributed by atoms with E-state index in [1.54, 1.807) is 7.05 Å². The number of halogens is 2. The van der Waals surface area contributed by atoms with E-state index in [1.165, 1.54) is 0 Å². The summed E-state index contributed by atoms with van der Waals surface area (Å²) in [6, 6.07) is 0.249. The molecule has 0 saturated heterocycles. The van der Waals surface area contributed by atoms with Crippen LogP contribution >= 0.6 is 0 Å². The van der Waals surface area contributed by atoms with Crippen LogP contribution in [0.1, 0.15) is 6.92 Å².